The van der Waals surface area contributed by atoms with E-state index in [4.69, 9.17) is 9.97 Å². The summed E-state index contributed by atoms with van der Waals surface area (Å²) in [6, 6.07) is 63.5. The smallest absolute Gasteiger partial charge is 0.235 e. The summed E-state index contributed by atoms with van der Waals surface area (Å²) in [5.74, 6) is 0.656. The van der Waals surface area contributed by atoms with Crippen LogP contribution in [0.3, 0.4) is 0 Å². The third-order valence-electron chi connectivity index (χ3n) is 11.3. The number of nitrogens with zero attached hydrogens (tertiary/aromatic N) is 3. The molecule has 0 atom stereocenters. The van der Waals surface area contributed by atoms with E-state index >= 15 is 0 Å². The van der Waals surface area contributed by atoms with Gasteiger partial charge in [-0.2, -0.15) is 0 Å². The highest BCUT2D eigenvalue weighted by atomic mass is 15.2. The van der Waals surface area contributed by atoms with Crippen molar-refractivity contribution in [2.45, 2.75) is 0 Å². The summed E-state index contributed by atoms with van der Waals surface area (Å²) in [5.41, 5.74) is 11.2. The van der Waals surface area contributed by atoms with Gasteiger partial charge in [0.25, 0.3) is 0 Å². The van der Waals surface area contributed by atoms with Crippen molar-refractivity contribution in [1.82, 2.24) is 14.5 Å². The highest BCUT2D eigenvalue weighted by Gasteiger charge is 2.24. The highest BCUT2D eigenvalue weighted by molar-refractivity contribution is 6.36. The number of aromatic nitrogens is 3. The maximum absolute atomic E-state index is 5.48. The van der Waals surface area contributed by atoms with E-state index in [1.165, 1.54) is 76.1 Å². The van der Waals surface area contributed by atoms with Gasteiger partial charge < -0.3 is 0 Å². The van der Waals surface area contributed by atoms with Crippen LogP contribution in [0.15, 0.2) is 176 Å². The van der Waals surface area contributed by atoms with Crippen LogP contribution in [0.1, 0.15) is 0 Å². The average molecular weight is 672 g/mol. The van der Waals surface area contributed by atoms with E-state index in [0.717, 1.165) is 33.5 Å². The number of para-hydroxylation sites is 1. The molecule has 0 saturated heterocycles. The third-order valence-corrected chi connectivity index (χ3v) is 11.3. The van der Waals surface area contributed by atoms with Crippen LogP contribution >= 0.6 is 0 Å². The molecule has 244 valence electrons. The average Bonchev–Trinajstić information content (AvgIpc) is 3.75. The van der Waals surface area contributed by atoms with Crippen molar-refractivity contribution in [2.75, 3.05) is 0 Å². The molecule has 0 unspecified atom stereocenters. The van der Waals surface area contributed by atoms with Crippen molar-refractivity contribution in [1.29, 1.82) is 0 Å². The minimum atomic E-state index is 0.656. The molecule has 3 heteroatoms. The molecule has 0 N–H and O–H groups in total. The summed E-state index contributed by atoms with van der Waals surface area (Å²) in [6.45, 7) is 0. The lowest BCUT2D eigenvalue weighted by atomic mass is 9.93. The predicted molar refractivity (Wildman–Crippen MR) is 222 cm³/mol. The van der Waals surface area contributed by atoms with Crippen LogP contribution in [0.5, 0.6) is 0 Å². The van der Waals surface area contributed by atoms with Crippen LogP contribution < -0.4 is 0 Å². The van der Waals surface area contributed by atoms with Crippen molar-refractivity contribution in [3.63, 3.8) is 0 Å². The SMILES string of the molecule is c1ccc(-c2cc(-c3ccc4c(c3)-c3cccc5cccc-4c35)nc(-n3c4ccccc4c4c5ccc6ccccc6c5c5ccccc5c43)n2)cc1. The van der Waals surface area contributed by atoms with Crippen molar-refractivity contribution in [3.8, 4) is 50.7 Å². The lowest BCUT2D eigenvalue weighted by molar-refractivity contribution is 0.998. The zero-order valence-electron chi connectivity index (χ0n) is 28.6. The molecular formula is C50H29N3. The van der Waals surface area contributed by atoms with Gasteiger partial charge in [0.05, 0.1) is 22.4 Å². The van der Waals surface area contributed by atoms with E-state index in [-0.39, 0.29) is 0 Å². The number of fused-ring (bicyclic) bond motifs is 13. The zero-order chi connectivity index (χ0) is 34.6. The lowest BCUT2D eigenvalue weighted by Crippen LogP contribution is -2.04. The quantitative estimate of drug-likeness (QED) is 0.175. The topological polar surface area (TPSA) is 30.7 Å². The second-order valence-electron chi connectivity index (χ2n) is 14.1. The summed E-state index contributed by atoms with van der Waals surface area (Å²) >= 11 is 0. The first-order valence-corrected chi connectivity index (χ1v) is 18.2. The Morgan fingerprint density at radius 1 is 0.340 bits per heavy atom. The summed E-state index contributed by atoms with van der Waals surface area (Å²) in [6.07, 6.45) is 0. The second kappa shape index (κ2) is 10.7. The standard InChI is InChI=1S/C50H29N3/c1-2-13-31(14-3-1)43-29-44(33-25-26-35-36-21-10-15-32-16-11-22-38(46(32)36)42(35)28-33)52-50(51-43)53-45-23-9-8-20-40(45)48-41-27-24-30-12-4-5-17-34(30)47(41)37-18-6-7-19-39(37)49(48)53/h1-29H. The van der Waals surface area contributed by atoms with Gasteiger partial charge in [0.2, 0.25) is 5.95 Å². The minimum absolute atomic E-state index is 0.656. The molecule has 2 heterocycles. The second-order valence-corrected chi connectivity index (χ2v) is 14.1. The van der Waals surface area contributed by atoms with Gasteiger partial charge in [0.15, 0.2) is 0 Å². The Labute approximate surface area is 305 Å². The monoisotopic (exact) mass is 671 g/mol. The van der Waals surface area contributed by atoms with Crippen molar-refractivity contribution in [3.05, 3.63) is 176 Å². The fourth-order valence-electron chi connectivity index (χ4n) is 9.04. The fourth-order valence-corrected chi connectivity index (χ4v) is 9.04. The van der Waals surface area contributed by atoms with Gasteiger partial charge in [0.1, 0.15) is 0 Å². The van der Waals surface area contributed by atoms with E-state index in [9.17, 15) is 0 Å². The normalized spacial score (nSPS) is 12.2. The van der Waals surface area contributed by atoms with E-state index in [2.05, 4.69) is 180 Å². The minimum Gasteiger partial charge on any atom is -0.277 e. The Kier molecular flexibility index (Phi) is 5.77. The summed E-state index contributed by atoms with van der Waals surface area (Å²) in [7, 11) is 0. The van der Waals surface area contributed by atoms with E-state index in [0.29, 0.717) is 5.95 Å². The maximum atomic E-state index is 5.48. The molecule has 9 aromatic carbocycles. The van der Waals surface area contributed by atoms with Crippen LogP contribution in [0.2, 0.25) is 0 Å². The largest absolute Gasteiger partial charge is 0.277 e. The molecule has 0 saturated carbocycles. The van der Waals surface area contributed by atoms with Gasteiger partial charge in [-0.25, -0.2) is 9.97 Å². The van der Waals surface area contributed by atoms with Gasteiger partial charge in [-0.15, -0.1) is 0 Å². The third kappa shape index (κ3) is 3.99. The molecule has 0 bridgehead atoms. The fraction of sp³-hybridized carbons (Fsp3) is 0. The van der Waals surface area contributed by atoms with Gasteiger partial charge in [-0.1, -0.05) is 158 Å². The molecule has 0 amide bonds. The molecule has 2 aromatic heterocycles. The van der Waals surface area contributed by atoms with Crippen LogP contribution in [0.25, 0.3) is 116 Å². The van der Waals surface area contributed by atoms with E-state index in [1.54, 1.807) is 0 Å². The van der Waals surface area contributed by atoms with Crippen LogP contribution in [-0.2, 0) is 0 Å². The Morgan fingerprint density at radius 2 is 1.00 bits per heavy atom. The van der Waals surface area contributed by atoms with Gasteiger partial charge in [-0.3, -0.25) is 4.57 Å². The predicted octanol–water partition coefficient (Wildman–Crippen LogP) is 13.2. The van der Waals surface area contributed by atoms with Gasteiger partial charge >= 0.3 is 0 Å². The van der Waals surface area contributed by atoms with Gasteiger partial charge in [0, 0.05) is 27.3 Å². The Morgan fingerprint density at radius 3 is 1.83 bits per heavy atom. The molecule has 53 heavy (non-hydrogen) atoms. The van der Waals surface area contributed by atoms with E-state index < -0.39 is 0 Å². The summed E-state index contributed by atoms with van der Waals surface area (Å²) < 4.78 is 2.31. The highest BCUT2D eigenvalue weighted by Crippen LogP contribution is 2.49. The van der Waals surface area contributed by atoms with E-state index in [1.807, 2.05) is 0 Å². The van der Waals surface area contributed by atoms with Crippen LogP contribution in [0, 0.1) is 0 Å². The molecule has 3 nitrogen and oxygen atoms in total. The first-order valence-electron chi connectivity index (χ1n) is 18.2. The number of rotatable bonds is 3. The van der Waals surface area contributed by atoms with Gasteiger partial charge in [-0.05, 0) is 78.2 Å². The number of hydrogen-bond donors (Lipinski definition) is 0. The molecule has 11 aromatic rings. The molecule has 1 aliphatic carbocycles. The molecule has 12 rings (SSSR count). The molecular weight excluding hydrogens is 643 g/mol. The number of hydrogen-bond acceptors (Lipinski definition) is 2. The molecule has 0 spiro atoms. The molecule has 0 aliphatic heterocycles. The molecule has 0 fully saturated rings. The van der Waals surface area contributed by atoms with Crippen LogP contribution in [-0.4, -0.2) is 14.5 Å². The van der Waals surface area contributed by atoms with Crippen LogP contribution in [0.4, 0.5) is 0 Å². The molecule has 1 aliphatic rings. The Balaban J connectivity index is 1.19. The van der Waals surface area contributed by atoms with Crippen molar-refractivity contribution >= 4 is 64.9 Å². The Hall–Kier alpha value is -7.10. The lowest BCUT2D eigenvalue weighted by Gasteiger charge is -2.15. The maximum Gasteiger partial charge on any atom is 0.235 e. The molecule has 0 radical (unpaired) electrons. The van der Waals surface area contributed by atoms with Crippen molar-refractivity contribution < 1.29 is 0 Å². The van der Waals surface area contributed by atoms with Crippen molar-refractivity contribution in [2.24, 2.45) is 0 Å². The first kappa shape index (κ1) is 28.6. The Bertz CT molecular complexity index is 3330. The number of benzene rings is 9. The zero-order valence-corrected chi connectivity index (χ0v) is 28.6. The first-order chi connectivity index (χ1) is 26.3. The summed E-state index contributed by atoms with van der Waals surface area (Å²) in [5, 5.41) is 12.4. The summed E-state index contributed by atoms with van der Waals surface area (Å²) in [4.78, 5) is 10.9.